The summed E-state index contributed by atoms with van der Waals surface area (Å²) in [5, 5.41) is 18.1. The smallest absolute Gasteiger partial charge is 0.139 e. The highest BCUT2D eigenvalue weighted by Crippen LogP contribution is 2.48. The summed E-state index contributed by atoms with van der Waals surface area (Å²) in [6, 6.07) is 57.0. The molecule has 46 heavy (non-hydrogen) atoms. The van der Waals surface area contributed by atoms with Crippen molar-refractivity contribution < 1.29 is 9.52 Å². The molecule has 1 heterocycles. The second-order valence-electron chi connectivity index (χ2n) is 11.8. The van der Waals surface area contributed by atoms with Gasteiger partial charge in [0, 0.05) is 28.0 Å². The van der Waals surface area contributed by atoms with Gasteiger partial charge in [-0.2, -0.15) is 0 Å². The van der Waals surface area contributed by atoms with Crippen molar-refractivity contribution in [1.82, 2.24) is 0 Å². The van der Waals surface area contributed by atoms with Crippen molar-refractivity contribution in [2.45, 2.75) is 0 Å². The first-order valence-corrected chi connectivity index (χ1v) is 15.6. The van der Waals surface area contributed by atoms with Crippen LogP contribution in [0.4, 0.5) is 0 Å². The lowest BCUT2D eigenvalue weighted by Crippen LogP contribution is -1.91. The normalized spacial score (nSPS) is 11.6. The van der Waals surface area contributed by atoms with Crippen molar-refractivity contribution in [2.24, 2.45) is 0 Å². The highest BCUT2D eigenvalue weighted by Gasteiger charge is 2.20. The van der Waals surface area contributed by atoms with Crippen molar-refractivity contribution in [1.29, 1.82) is 0 Å². The number of rotatable bonds is 4. The van der Waals surface area contributed by atoms with Gasteiger partial charge >= 0.3 is 0 Å². The highest BCUT2D eigenvalue weighted by atomic mass is 16.3. The molecule has 0 atom stereocenters. The van der Waals surface area contributed by atoms with Crippen molar-refractivity contribution in [3.8, 4) is 50.3 Å². The van der Waals surface area contributed by atoms with Crippen LogP contribution in [0, 0.1) is 0 Å². The molecule has 0 bridgehead atoms. The number of hydrogen-bond donors (Lipinski definition) is 1. The first kappa shape index (κ1) is 26.3. The highest BCUT2D eigenvalue weighted by molar-refractivity contribution is 6.23. The van der Waals surface area contributed by atoms with E-state index >= 15 is 0 Å². The average Bonchev–Trinajstić information content (AvgIpc) is 3.47. The van der Waals surface area contributed by atoms with E-state index in [-0.39, 0.29) is 5.75 Å². The second kappa shape index (κ2) is 10.5. The Labute approximate surface area is 266 Å². The molecule has 9 rings (SSSR count). The van der Waals surface area contributed by atoms with Gasteiger partial charge in [-0.1, -0.05) is 133 Å². The summed E-state index contributed by atoms with van der Waals surface area (Å²) < 4.78 is 6.33. The van der Waals surface area contributed by atoms with E-state index in [9.17, 15) is 5.11 Å². The molecular formula is C44H28O2. The van der Waals surface area contributed by atoms with E-state index < -0.39 is 0 Å². The van der Waals surface area contributed by atoms with E-state index in [0.717, 1.165) is 65.7 Å². The third-order valence-electron chi connectivity index (χ3n) is 9.16. The molecular weight excluding hydrogens is 560 g/mol. The molecule has 1 aromatic heterocycles. The molecule has 0 amide bonds. The van der Waals surface area contributed by atoms with Crippen LogP contribution in [-0.4, -0.2) is 5.11 Å². The lowest BCUT2D eigenvalue weighted by Gasteiger charge is -2.18. The molecule has 9 aromatic rings. The maximum Gasteiger partial charge on any atom is 0.139 e. The second-order valence-corrected chi connectivity index (χ2v) is 11.8. The zero-order chi connectivity index (χ0) is 30.6. The lowest BCUT2D eigenvalue weighted by molar-refractivity contribution is 0.477. The SMILES string of the molecule is Oc1cc2oc3cc(-c4ccccc4)ccc3c2cc1-c1c2ccccc2c(-c2cccc(-c3ccccc3)c2)c2ccccc12. The first-order valence-electron chi connectivity index (χ1n) is 15.6. The third-order valence-corrected chi connectivity index (χ3v) is 9.16. The van der Waals surface area contributed by atoms with Gasteiger partial charge in [-0.15, -0.1) is 0 Å². The molecule has 1 N–H and O–H groups in total. The Kier molecular flexibility index (Phi) is 6.00. The van der Waals surface area contributed by atoms with Gasteiger partial charge in [0.05, 0.1) is 0 Å². The molecule has 0 unspecified atom stereocenters. The summed E-state index contributed by atoms with van der Waals surface area (Å²) in [6.07, 6.45) is 0. The van der Waals surface area contributed by atoms with Crippen LogP contribution in [0.3, 0.4) is 0 Å². The number of phenolic OH excluding ortho intramolecular Hbond substituents is 1. The van der Waals surface area contributed by atoms with E-state index in [1.807, 2.05) is 24.3 Å². The number of aromatic hydroxyl groups is 1. The summed E-state index contributed by atoms with van der Waals surface area (Å²) in [5.74, 6) is 0.198. The number of phenols is 1. The molecule has 0 saturated heterocycles. The molecule has 0 aliphatic heterocycles. The number of benzene rings is 8. The Bertz CT molecular complexity index is 2520. The predicted molar refractivity (Wildman–Crippen MR) is 192 cm³/mol. The minimum Gasteiger partial charge on any atom is -0.507 e. The standard InChI is InChI=1S/C44H28O2/c45-40-27-42-38(33-23-22-31(25-41(33)46-42)29-14-5-2-6-15-29)26-39(40)44-36-20-9-7-18-34(36)43(35-19-8-10-21-37(35)44)32-17-11-16-30(24-32)28-12-3-1-4-13-28/h1-27,45H. The van der Waals surface area contributed by atoms with Gasteiger partial charge in [-0.25, -0.2) is 0 Å². The minimum absolute atomic E-state index is 0.198. The molecule has 0 saturated carbocycles. The lowest BCUT2D eigenvalue weighted by atomic mass is 9.85. The van der Waals surface area contributed by atoms with E-state index in [1.165, 1.54) is 16.7 Å². The Morgan fingerprint density at radius 1 is 0.326 bits per heavy atom. The first-order chi connectivity index (χ1) is 22.7. The zero-order valence-electron chi connectivity index (χ0n) is 24.9. The van der Waals surface area contributed by atoms with Crippen LogP contribution in [0.2, 0.25) is 0 Å². The van der Waals surface area contributed by atoms with Crippen LogP contribution >= 0.6 is 0 Å². The summed E-state index contributed by atoms with van der Waals surface area (Å²) in [7, 11) is 0. The Morgan fingerprint density at radius 3 is 1.46 bits per heavy atom. The average molecular weight is 589 g/mol. The van der Waals surface area contributed by atoms with E-state index in [0.29, 0.717) is 5.58 Å². The van der Waals surface area contributed by atoms with E-state index in [2.05, 4.69) is 133 Å². The van der Waals surface area contributed by atoms with Gasteiger partial charge in [-0.3, -0.25) is 0 Å². The monoisotopic (exact) mass is 588 g/mol. The summed E-state index contributed by atoms with van der Waals surface area (Å²) in [4.78, 5) is 0. The van der Waals surface area contributed by atoms with Crippen molar-refractivity contribution in [2.75, 3.05) is 0 Å². The number of hydrogen-bond acceptors (Lipinski definition) is 2. The summed E-state index contributed by atoms with van der Waals surface area (Å²) >= 11 is 0. The van der Waals surface area contributed by atoms with Gasteiger partial charge in [0.2, 0.25) is 0 Å². The molecule has 8 aromatic carbocycles. The zero-order valence-corrected chi connectivity index (χ0v) is 24.9. The Balaban J connectivity index is 1.29. The molecule has 2 nitrogen and oxygen atoms in total. The summed E-state index contributed by atoms with van der Waals surface area (Å²) in [6.45, 7) is 0. The quantitative estimate of drug-likeness (QED) is 0.208. The van der Waals surface area contributed by atoms with Crippen molar-refractivity contribution >= 4 is 43.5 Å². The van der Waals surface area contributed by atoms with Crippen molar-refractivity contribution in [3.63, 3.8) is 0 Å². The fourth-order valence-corrected chi connectivity index (χ4v) is 7.04. The molecule has 0 radical (unpaired) electrons. The fraction of sp³-hybridized carbons (Fsp3) is 0. The van der Waals surface area contributed by atoms with Crippen LogP contribution in [0.15, 0.2) is 168 Å². The maximum atomic E-state index is 11.6. The third kappa shape index (κ3) is 4.19. The van der Waals surface area contributed by atoms with Gasteiger partial charge in [0.15, 0.2) is 0 Å². The molecule has 0 aliphatic carbocycles. The Hall–Kier alpha value is -6.12. The van der Waals surface area contributed by atoms with Crippen LogP contribution in [-0.2, 0) is 0 Å². The minimum atomic E-state index is 0.198. The molecule has 0 fully saturated rings. The van der Waals surface area contributed by atoms with Gasteiger partial charge in [-0.05, 0) is 79.2 Å². The largest absolute Gasteiger partial charge is 0.507 e. The van der Waals surface area contributed by atoms with Gasteiger partial charge in [0.25, 0.3) is 0 Å². The van der Waals surface area contributed by atoms with Crippen LogP contribution in [0.1, 0.15) is 0 Å². The number of fused-ring (bicyclic) bond motifs is 5. The van der Waals surface area contributed by atoms with Gasteiger partial charge < -0.3 is 9.52 Å². The van der Waals surface area contributed by atoms with Crippen molar-refractivity contribution in [3.05, 3.63) is 164 Å². The van der Waals surface area contributed by atoms with Gasteiger partial charge in [0.1, 0.15) is 16.9 Å². The van der Waals surface area contributed by atoms with E-state index in [1.54, 1.807) is 6.07 Å². The molecule has 0 aliphatic rings. The molecule has 216 valence electrons. The molecule has 2 heteroatoms. The topological polar surface area (TPSA) is 33.4 Å². The van der Waals surface area contributed by atoms with Crippen LogP contribution in [0.5, 0.6) is 5.75 Å². The van der Waals surface area contributed by atoms with Crippen LogP contribution < -0.4 is 0 Å². The van der Waals surface area contributed by atoms with Crippen LogP contribution in [0.25, 0.3) is 88.0 Å². The van der Waals surface area contributed by atoms with E-state index in [4.69, 9.17) is 4.42 Å². The number of furan rings is 1. The fourth-order valence-electron chi connectivity index (χ4n) is 7.04. The summed E-state index contributed by atoms with van der Waals surface area (Å²) in [5.41, 5.74) is 10.2. The Morgan fingerprint density at radius 2 is 0.826 bits per heavy atom. The maximum absolute atomic E-state index is 11.6. The molecule has 0 spiro atoms. The predicted octanol–water partition coefficient (Wildman–Crippen LogP) is 12.3.